The lowest BCUT2D eigenvalue weighted by molar-refractivity contribution is 0.215. The first-order valence-corrected chi connectivity index (χ1v) is 12.6. The number of hydrogen-bond donors (Lipinski definition) is 0. The summed E-state index contributed by atoms with van der Waals surface area (Å²) in [4.78, 5) is 4.86. The zero-order chi connectivity index (χ0) is 22.8. The van der Waals surface area contributed by atoms with E-state index in [1.165, 1.54) is 22.7 Å². The van der Waals surface area contributed by atoms with Gasteiger partial charge in [-0.05, 0) is 53.0 Å². The van der Waals surface area contributed by atoms with E-state index in [0.29, 0.717) is 10.0 Å². The van der Waals surface area contributed by atoms with E-state index in [2.05, 4.69) is 55.8 Å². The van der Waals surface area contributed by atoms with E-state index < -0.39 is 0 Å². The zero-order valence-electron chi connectivity index (χ0n) is 17.7. The molecule has 0 aliphatic carbocycles. The van der Waals surface area contributed by atoms with Gasteiger partial charge in [-0.3, -0.25) is 4.90 Å². The standard InChI is InChI=1S/C25H21Cl3N4S/c26-20-7-5-19(6-8-20)25-15-31(11-12-32(25)24-10-9-21(27)13-22(24)28)14-17-1-3-18(4-2-17)23-16-33-30-29-23/h1-10,13,16,25H,11-12,14-15H2/t25-/m1/s1. The van der Waals surface area contributed by atoms with Crippen LogP contribution in [0.5, 0.6) is 0 Å². The fourth-order valence-corrected chi connectivity index (χ4v) is 5.39. The molecule has 0 saturated carbocycles. The van der Waals surface area contributed by atoms with E-state index >= 15 is 0 Å². The summed E-state index contributed by atoms with van der Waals surface area (Å²) in [5.74, 6) is 0. The van der Waals surface area contributed by atoms with E-state index in [-0.39, 0.29) is 6.04 Å². The average molecular weight is 516 g/mol. The van der Waals surface area contributed by atoms with Gasteiger partial charge in [-0.1, -0.05) is 75.7 Å². The lowest BCUT2D eigenvalue weighted by atomic mass is 10.0. The Labute approximate surface area is 212 Å². The largest absolute Gasteiger partial charge is 0.361 e. The van der Waals surface area contributed by atoms with Crippen molar-refractivity contribution in [3.8, 4) is 11.3 Å². The summed E-state index contributed by atoms with van der Waals surface area (Å²) < 4.78 is 3.95. The molecule has 0 unspecified atom stereocenters. The van der Waals surface area contributed by atoms with Crippen molar-refractivity contribution in [3.63, 3.8) is 0 Å². The van der Waals surface area contributed by atoms with Gasteiger partial charge in [-0.15, -0.1) is 5.10 Å². The Balaban J connectivity index is 1.37. The van der Waals surface area contributed by atoms with Gasteiger partial charge in [0.25, 0.3) is 0 Å². The molecule has 33 heavy (non-hydrogen) atoms. The molecule has 1 fully saturated rings. The Hall–Kier alpha value is -2.15. The number of aromatic nitrogens is 2. The lowest BCUT2D eigenvalue weighted by Gasteiger charge is -2.43. The molecule has 2 heterocycles. The lowest BCUT2D eigenvalue weighted by Crippen LogP contribution is -2.48. The Morgan fingerprint density at radius 1 is 0.879 bits per heavy atom. The molecule has 1 atom stereocenters. The minimum Gasteiger partial charge on any atom is -0.361 e. The minimum absolute atomic E-state index is 0.148. The molecule has 4 nitrogen and oxygen atoms in total. The highest BCUT2D eigenvalue weighted by Gasteiger charge is 2.29. The van der Waals surface area contributed by atoms with Gasteiger partial charge in [-0.25, -0.2) is 0 Å². The second kappa shape index (κ2) is 10.00. The number of rotatable bonds is 5. The first kappa shape index (κ1) is 22.6. The summed E-state index contributed by atoms with van der Waals surface area (Å²) in [6, 6.07) is 22.5. The Bertz CT molecular complexity index is 1210. The van der Waals surface area contributed by atoms with Crippen molar-refractivity contribution in [2.24, 2.45) is 0 Å². The third-order valence-corrected chi connectivity index (χ3v) is 7.25. The molecule has 1 aliphatic rings. The van der Waals surface area contributed by atoms with Crippen LogP contribution in [0.15, 0.2) is 72.1 Å². The van der Waals surface area contributed by atoms with Crippen LogP contribution in [0.3, 0.4) is 0 Å². The Morgan fingerprint density at radius 2 is 1.64 bits per heavy atom. The molecule has 0 spiro atoms. The maximum Gasteiger partial charge on any atom is 0.105 e. The van der Waals surface area contributed by atoms with Crippen LogP contribution in [0, 0.1) is 0 Å². The molecule has 0 radical (unpaired) electrons. The molecule has 3 aromatic carbocycles. The first-order valence-electron chi connectivity index (χ1n) is 10.6. The topological polar surface area (TPSA) is 32.3 Å². The van der Waals surface area contributed by atoms with Crippen molar-refractivity contribution in [2.45, 2.75) is 12.6 Å². The SMILES string of the molecule is Clc1ccc([C@H]2CN(Cc3ccc(-c4csnn4)cc3)CCN2c2ccc(Cl)cc2Cl)cc1. The zero-order valence-corrected chi connectivity index (χ0v) is 20.7. The van der Waals surface area contributed by atoms with E-state index in [9.17, 15) is 0 Å². The van der Waals surface area contributed by atoms with Crippen LogP contribution in [0.4, 0.5) is 5.69 Å². The maximum absolute atomic E-state index is 6.59. The predicted molar refractivity (Wildman–Crippen MR) is 139 cm³/mol. The van der Waals surface area contributed by atoms with Crippen LogP contribution in [0.1, 0.15) is 17.2 Å². The van der Waals surface area contributed by atoms with Gasteiger partial charge >= 0.3 is 0 Å². The molecule has 0 amide bonds. The molecule has 4 aromatic rings. The monoisotopic (exact) mass is 514 g/mol. The predicted octanol–water partition coefficient (Wildman–Crippen LogP) is 7.23. The summed E-state index contributed by atoms with van der Waals surface area (Å²) in [5.41, 5.74) is 5.50. The van der Waals surface area contributed by atoms with Crippen LogP contribution in [-0.4, -0.2) is 34.1 Å². The summed E-state index contributed by atoms with van der Waals surface area (Å²) in [6.45, 7) is 3.54. The second-order valence-electron chi connectivity index (χ2n) is 8.08. The van der Waals surface area contributed by atoms with Gasteiger partial charge in [0.1, 0.15) is 5.69 Å². The van der Waals surface area contributed by atoms with Crippen LogP contribution in [0.25, 0.3) is 11.3 Å². The quantitative estimate of drug-likeness (QED) is 0.281. The number of halogens is 3. The van der Waals surface area contributed by atoms with E-state index in [0.717, 1.165) is 48.1 Å². The van der Waals surface area contributed by atoms with Crippen LogP contribution in [0.2, 0.25) is 15.1 Å². The molecule has 1 aliphatic heterocycles. The molecule has 1 aromatic heterocycles. The van der Waals surface area contributed by atoms with E-state index in [1.54, 1.807) is 0 Å². The average Bonchev–Trinajstić information content (AvgIpc) is 3.36. The van der Waals surface area contributed by atoms with Gasteiger partial charge in [0.05, 0.1) is 16.8 Å². The number of benzene rings is 3. The van der Waals surface area contributed by atoms with Crippen molar-refractivity contribution in [1.82, 2.24) is 14.5 Å². The Kier molecular flexibility index (Phi) is 6.86. The van der Waals surface area contributed by atoms with Crippen molar-refractivity contribution >= 4 is 52.0 Å². The van der Waals surface area contributed by atoms with Crippen molar-refractivity contribution < 1.29 is 0 Å². The molecule has 168 valence electrons. The van der Waals surface area contributed by atoms with E-state index in [1.807, 2.05) is 35.7 Å². The number of piperazine rings is 1. The molecule has 0 N–H and O–H groups in total. The van der Waals surface area contributed by atoms with Gasteiger partial charge in [-0.2, -0.15) is 0 Å². The molecule has 5 rings (SSSR count). The fraction of sp³-hybridized carbons (Fsp3) is 0.200. The first-order chi connectivity index (χ1) is 16.1. The van der Waals surface area contributed by atoms with Gasteiger partial charge < -0.3 is 4.90 Å². The van der Waals surface area contributed by atoms with Gasteiger partial charge in [0.2, 0.25) is 0 Å². The molecule has 1 saturated heterocycles. The number of nitrogens with zero attached hydrogens (tertiary/aromatic N) is 4. The maximum atomic E-state index is 6.59. The highest BCUT2D eigenvalue weighted by Crippen LogP contribution is 2.37. The highest BCUT2D eigenvalue weighted by molar-refractivity contribution is 7.03. The van der Waals surface area contributed by atoms with Crippen LogP contribution >= 0.6 is 46.3 Å². The van der Waals surface area contributed by atoms with Crippen molar-refractivity contribution in [1.29, 1.82) is 0 Å². The Morgan fingerprint density at radius 3 is 2.33 bits per heavy atom. The second-order valence-corrected chi connectivity index (χ2v) is 9.97. The fourth-order valence-electron chi connectivity index (χ4n) is 4.29. The van der Waals surface area contributed by atoms with Crippen molar-refractivity contribution in [2.75, 3.05) is 24.5 Å². The van der Waals surface area contributed by atoms with Crippen molar-refractivity contribution in [3.05, 3.63) is 98.3 Å². The van der Waals surface area contributed by atoms with Gasteiger partial charge in [0.15, 0.2) is 0 Å². The molecule has 0 bridgehead atoms. The normalized spacial score (nSPS) is 16.8. The van der Waals surface area contributed by atoms with E-state index in [4.69, 9.17) is 34.8 Å². The van der Waals surface area contributed by atoms with Crippen LogP contribution < -0.4 is 4.90 Å². The highest BCUT2D eigenvalue weighted by atomic mass is 35.5. The smallest absolute Gasteiger partial charge is 0.105 e. The third kappa shape index (κ3) is 5.18. The summed E-state index contributed by atoms with van der Waals surface area (Å²) in [7, 11) is 0. The van der Waals surface area contributed by atoms with Crippen LogP contribution in [-0.2, 0) is 6.54 Å². The van der Waals surface area contributed by atoms with Gasteiger partial charge in [0, 0.05) is 47.2 Å². The summed E-state index contributed by atoms with van der Waals surface area (Å²) >= 11 is 20.3. The molecular weight excluding hydrogens is 495 g/mol. The summed E-state index contributed by atoms with van der Waals surface area (Å²) in [6.07, 6.45) is 0. The summed E-state index contributed by atoms with van der Waals surface area (Å²) in [5, 5.41) is 8.16. The minimum atomic E-state index is 0.148. The molecule has 8 heteroatoms. The molecular formula is C25H21Cl3N4S. The number of hydrogen-bond acceptors (Lipinski definition) is 5. The number of anilines is 1. The third-order valence-electron chi connectivity index (χ3n) is 5.95.